The second-order valence-electron chi connectivity index (χ2n) is 4.50. The van der Waals surface area contributed by atoms with E-state index in [0.29, 0.717) is 0 Å². The zero-order chi connectivity index (χ0) is 12.3. The molecule has 1 aromatic rings. The molecule has 0 aliphatic carbocycles. The lowest BCUT2D eigenvalue weighted by Gasteiger charge is -2.13. The third-order valence-corrected chi connectivity index (χ3v) is 3.22. The Morgan fingerprint density at radius 3 is 2.94 bits per heavy atom. The first-order valence-corrected chi connectivity index (χ1v) is 6.43. The molecule has 1 unspecified atom stereocenters. The Morgan fingerprint density at radius 1 is 1.41 bits per heavy atom. The van der Waals surface area contributed by atoms with Crippen molar-refractivity contribution < 1.29 is 9.68 Å². The molecule has 0 spiro atoms. The van der Waals surface area contributed by atoms with Crippen molar-refractivity contribution in [3.05, 3.63) is 29.3 Å². The molecule has 1 aromatic carbocycles. The quantitative estimate of drug-likeness (QED) is 0.589. The van der Waals surface area contributed by atoms with E-state index in [9.17, 15) is 5.02 Å². The third kappa shape index (κ3) is 2.71. The van der Waals surface area contributed by atoms with Crippen molar-refractivity contribution >= 4 is 12.6 Å². The van der Waals surface area contributed by atoms with Crippen molar-refractivity contribution in [1.82, 2.24) is 5.32 Å². The van der Waals surface area contributed by atoms with Crippen molar-refractivity contribution in [2.75, 3.05) is 13.1 Å². The van der Waals surface area contributed by atoms with E-state index in [1.165, 1.54) is 5.56 Å². The van der Waals surface area contributed by atoms with Crippen LogP contribution in [-0.4, -0.2) is 25.2 Å². The van der Waals surface area contributed by atoms with Gasteiger partial charge in [-0.05, 0) is 36.0 Å². The number of aryl methyl sites for hydroxylation is 1. The van der Waals surface area contributed by atoms with Crippen molar-refractivity contribution in [2.24, 2.45) is 0 Å². The van der Waals surface area contributed by atoms with E-state index in [0.717, 1.165) is 37.0 Å². The first-order chi connectivity index (χ1) is 8.26. The Kier molecular flexibility index (Phi) is 4.21. The summed E-state index contributed by atoms with van der Waals surface area (Å²) in [5.74, 6) is 0. The van der Waals surface area contributed by atoms with Crippen LogP contribution in [0.1, 0.15) is 37.5 Å². The molecular formula is C13H20BNO2. The summed E-state index contributed by atoms with van der Waals surface area (Å²) in [5, 5.41) is 13.2. The van der Waals surface area contributed by atoms with Gasteiger partial charge in [-0.3, -0.25) is 0 Å². The smallest absolute Gasteiger partial charge is 0.423 e. The molecule has 1 aliphatic heterocycles. The molecule has 0 bridgehead atoms. The lowest BCUT2D eigenvalue weighted by Crippen LogP contribution is -2.28. The van der Waals surface area contributed by atoms with Gasteiger partial charge in [-0.25, -0.2) is 0 Å². The molecule has 1 aliphatic rings. The number of rotatable bonds is 5. The van der Waals surface area contributed by atoms with Crippen LogP contribution >= 0.6 is 0 Å². The lowest BCUT2D eigenvalue weighted by molar-refractivity contribution is 0.187. The Morgan fingerprint density at radius 2 is 2.24 bits per heavy atom. The zero-order valence-corrected chi connectivity index (χ0v) is 10.6. The number of benzene rings is 1. The maximum atomic E-state index is 9.88. The molecule has 4 heteroatoms. The maximum Gasteiger partial charge on any atom is 0.492 e. The molecule has 0 saturated carbocycles. The van der Waals surface area contributed by atoms with Crippen LogP contribution in [0.3, 0.4) is 0 Å². The fourth-order valence-electron chi connectivity index (χ4n) is 2.22. The van der Waals surface area contributed by atoms with Crippen LogP contribution in [0.25, 0.3) is 0 Å². The average molecular weight is 233 g/mol. The van der Waals surface area contributed by atoms with E-state index in [2.05, 4.69) is 37.4 Å². The Balaban J connectivity index is 2.11. The van der Waals surface area contributed by atoms with Gasteiger partial charge in [-0.1, -0.05) is 32.0 Å². The number of hydrogen-bond acceptors (Lipinski definition) is 3. The summed E-state index contributed by atoms with van der Waals surface area (Å²) in [6.07, 6.45) is 2.08. The topological polar surface area (TPSA) is 41.5 Å². The molecule has 1 heterocycles. The monoisotopic (exact) mass is 233 g/mol. The minimum atomic E-state index is -0.759. The molecule has 17 heavy (non-hydrogen) atoms. The van der Waals surface area contributed by atoms with Crippen LogP contribution in [0.15, 0.2) is 18.2 Å². The molecule has 0 saturated heterocycles. The molecule has 0 fully saturated rings. The maximum absolute atomic E-state index is 9.88. The second kappa shape index (κ2) is 5.67. The second-order valence-corrected chi connectivity index (χ2v) is 4.50. The van der Waals surface area contributed by atoms with E-state index < -0.39 is 7.12 Å². The molecule has 2 N–H and O–H groups in total. The van der Waals surface area contributed by atoms with Gasteiger partial charge in [-0.15, -0.1) is 0 Å². The third-order valence-electron chi connectivity index (χ3n) is 3.22. The van der Waals surface area contributed by atoms with Gasteiger partial charge < -0.3 is 15.0 Å². The summed E-state index contributed by atoms with van der Waals surface area (Å²) >= 11 is 0. The normalized spacial score (nSPS) is 18.5. The standard InChI is InChI=1S/C13H20BNO2/c1-3-7-15-9-13-11-6-5-10(4-2)8-12(11)14(16)17-13/h5-6,8,13,15-16H,3-4,7,9H2,1-2H3. The van der Waals surface area contributed by atoms with E-state index in [1.807, 2.05) is 0 Å². The van der Waals surface area contributed by atoms with Crippen molar-refractivity contribution in [1.29, 1.82) is 0 Å². The van der Waals surface area contributed by atoms with Gasteiger partial charge in [0.25, 0.3) is 0 Å². The fourth-order valence-corrected chi connectivity index (χ4v) is 2.22. The molecule has 2 rings (SSSR count). The molecular weight excluding hydrogens is 213 g/mol. The van der Waals surface area contributed by atoms with Crippen molar-refractivity contribution in [3.63, 3.8) is 0 Å². The first-order valence-electron chi connectivity index (χ1n) is 6.43. The van der Waals surface area contributed by atoms with E-state index in [1.54, 1.807) is 0 Å². The van der Waals surface area contributed by atoms with E-state index in [4.69, 9.17) is 4.65 Å². The van der Waals surface area contributed by atoms with E-state index in [-0.39, 0.29) is 6.10 Å². The lowest BCUT2D eigenvalue weighted by atomic mass is 9.78. The molecule has 0 radical (unpaired) electrons. The summed E-state index contributed by atoms with van der Waals surface area (Å²) in [4.78, 5) is 0. The molecule has 0 amide bonds. The average Bonchev–Trinajstić information content (AvgIpc) is 2.66. The molecule has 92 valence electrons. The Bertz CT molecular complexity index is 384. The Labute approximate surface area is 103 Å². The zero-order valence-electron chi connectivity index (χ0n) is 10.6. The van der Waals surface area contributed by atoms with Crippen molar-refractivity contribution in [3.8, 4) is 0 Å². The van der Waals surface area contributed by atoms with Gasteiger partial charge in [-0.2, -0.15) is 0 Å². The van der Waals surface area contributed by atoms with Crippen molar-refractivity contribution in [2.45, 2.75) is 32.8 Å². The molecule has 1 atom stereocenters. The highest BCUT2D eigenvalue weighted by molar-refractivity contribution is 6.61. The van der Waals surface area contributed by atoms with Crippen LogP contribution in [0.2, 0.25) is 0 Å². The summed E-state index contributed by atoms with van der Waals surface area (Å²) in [7, 11) is -0.759. The highest BCUT2D eigenvalue weighted by Crippen LogP contribution is 2.23. The fraction of sp³-hybridized carbons (Fsp3) is 0.538. The molecule has 3 nitrogen and oxygen atoms in total. The summed E-state index contributed by atoms with van der Waals surface area (Å²) in [5.41, 5.74) is 3.31. The van der Waals surface area contributed by atoms with Gasteiger partial charge in [0.05, 0.1) is 6.10 Å². The minimum absolute atomic E-state index is 0.0162. The summed E-state index contributed by atoms with van der Waals surface area (Å²) in [6.45, 7) is 6.00. The summed E-state index contributed by atoms with van der Waals surface area (Å²) < 4.78 is 5.57. The first kappa shape index (κ1) is 12.6. The van der Waals surface area contributed by atoms with Crippen LogP contribution in [0, 0.1) is 0 Å². The number of hydrogen-bond donors (Lipinski definition) is 2. The van der Waals surface area contributed by atoms with Gasteiger partial charge in [0.15, 0.2) is 0 Å². The van der Waals surface area contributed by atoms with E-state index >= 15 is 0 Å². The van der Waals surface area contributed by atoms with Gasteiger partial charge in [0, 0.05) is 6.54 Å². The minimum Gasteiger partial charge on any atom is -0.423 e. The summed E-state index contributed by atoms with van der Waals surface area (Å²) in [6, 6.07) is 6.26. The molecule has 0 aromatic heterocycles. The SMILES string of the molecule is CCCNCC1OB(O)c2cc(CC)ccc21. The highest BCUT2D eigenvalue weighted by Gasteiger charge is 2.34. The number of fused-ring (bicyclic) bond motifs is 1. The van der Waals surface area contributed by atoms with Gasteiger partial charge >= 0.3 is 7.12 Å². The number of nitrogens with one attached hydrogen (secondary N) is 1. The Hall–Kier alpha value is -0.835. The van der Waals surface area contributed by atoms with Crippen LogP contribution in [0.4, 0.5) is 0 Å². The largest absolute Gasteiger partial charge is 0.492 e. The van der Waals surface area contributed by atoms with Crippen LogP contribution in [-0.2, 0) is 11.1 Å². The predicted molar refractivity (Wildman–Crippen MR) is 70.4 cm³/mol. The van der Waals surface area contributed by atoms with Gasteiger partial charge in [0.1, 0.15) is 0 Å². The van der Waals surface area contributed by atoms with Crippen LogP contribution in [0.5, 0.6) is 0 Å². The van der Waals surface area contributed by atoms with Crippen LogP contribution < -0.4 is 10.8 Å². The van der Waals surface area contributed by atoms with Gasteiger partial charge in [0.2, 0.25) is 0 Å². The predicted octanol–water partition coefficient (Wildman–Crippen LogP) is 1.01. The highest BCUT2D eigenvalue weighted by atomic mass is 16.5.